The molecule has 34 heavy (non-hydrogen) atoms. The number of amides is 1. The van der Waals surface area contributed by atoms with Crippen molar-refractivity contribution in [3.8, 4) is 11.5 Å². The second-order valence-corrected chi connectivity index (χ2v) is 12.2. The summed E-state index contributed by atoms with van der Waals surface area (Å²) in [5.41, 5.74) is 0.264. The molecule has 2 rings (SSSR count). The molecule has 0 fully saturated rings. The third-order valence-electron chi connectivity index (χ3n) is 4.23. The number of phenols is 1. The van der Waals surface area contributed by atoms with Crippen molar-refractivity contribution < 1.29 is 36.3 Å². The van der Waals surface area contributed by atoms with Crippen molar-refractivity contribution in [1.29, 1.82) is 0 Å². The molecule has 0 aliphatic heterocycles. The van der Waals surface area contributed by atoms with Gasteiger partial charge in [0.25, 0.3) is 5.91 Å². The molecule has 0 atom stereocenters. The smallest absolute Gasteiger partial charge is 0.262 e. The molecule has 11 nitrogen and oxygen atoms in total. The summed E-state index contributed by atoms with van der Waals surface area (Å²) in [7, 11) is -7.34. The number of rotatable bonds is 9. The number of sulfonamides is 2. The number of benzene rings is 2. The zero-order chi connectivity index (χ0) is 25.9. The van der Waals surface area contributed by atoms with Gasteiger partial charge >= 0.3 is 0 Å². The van der Waals surface area contributed by atoms with Crippen LogP contribution >= 0.6 is 0 Å². The molecule has 0 aliphatic carbocycles. The van der Waals surface area contributed by atoms with Gasteiger partial charge in [0.2, 0.25) is 20.0 Å². The fraction of sp³-hybridized carbons (Fsp3) is 0.333. The Bertz CT molecular complexity index is 1260. The molecule has 0 radical (unpaired) electrons. The zero-order valence-corrected chi connectivity index (χ0v) is 20.9. The summed E-state index contributed by atoms with van der Waals surface area (Å²) in [4.78, 5) is 23.8. The van der Waals surface area contributed by atoms with Crippen LogP contribution in [0.2, 0.25) is 0 Å². The van der Waals surface area contributed by atoms with Gasteiger partial charge in [0.05, 0.1) is 29.6 Å². The Morgan fingerprint density at radius 2 is 1.50 bits per heavy atom. The van der Waals surface area contributed by atoms with Gasteiger partial charge in [-0.1, -0.05) is 20.8 Å². The van der Waals surface area contributed by atoms with Crippen molar-refractivity contribution in [2.75, 3.05) is 33.9 Å². The molecule has 1 amide bonds. The van der Waals surface area contributed by atoms with E-state index in [-0.39, 0.29) is 34.1 Å². The topological polar surface area (TPSA) is 168 Å². The second-order valence-electron chi connectivity index (χ2n) is 8.66. The van der Waals surface area contributed by atoms with Gasteiger partial charge in [-0.3, -0.25) is 19.0 Å². The Kier molecular flexibility index (Phi) is 7.83. The van der Waals surface area contributed by atoms with Crippen LogP contribution in [0.5, 0.6) is 11.5 Å². The maximum Gasteiger partial charge on any atom is 0.262 e. The number of phenolic OH excluding ortho intramolecular Hbond substituents is 1. The summed E-state index contributed by atoms with van der Waals surface area (Å²) >= 11 is 0. The lowest BCUT2D eigenvalue weighted by Crippen LogP contribution is -2.21. The molecule has 0 heterocycles. The van der Waals surface area contributed by atoms with E-state index in [1.165, 1.54) is 30.3 Å². The first-order chi connectivity index (χ1) is 15.5. The molecule has 0 spiro atoms. The Hall–Kier alpha value is -3.32. The first-order valence-electron chi connectivity index (χ1n) is 9.83. The lowest BCUT2D eigenvalue weighted by Gasteiger charge is -2.22. The number of anilines is 3. The van der Waals surface area contributed by atoms with Crippen molar-refractivity contribution in [2.24, 2.45) is 0 Å². The van der Waals surface area contributed by atoms with Gasteiger partial charge in [-0.05, 0) is 23.6 Å². The van der Waals surface area contributed by atoms with E-state index in [9.17, 15) is 31.5 Å². The van der Waals surface area contributed by atoms with Crippen molar-refractivity contribution in [1.82, 2.24) is 0 Å². The first-order valence-corrected chi connectivity index (χ1v) is 13.6. The lowest BCUT2D eigenvalue weighted by atomic mass is 9.85. The Balaban J connectivity index is 2.26. The third-order valence-corrected chi connectivity index (χ3v) is 5.45. The predicted octanol–water partition coefficient (Wildman–Crippen LogP) is 2.26. The number of carbonyl (C=O) groups is 2. The number of nitrogens with one attached hydrogen (secondary N) is 3. The van der Waals surface area contributed by atoms with E-state index in [0.717, 1.165) is 12.5 Å². The average molecular weight is 514 g/mol. The number of hydrogen-bond acceptors (Lipinski definition) is 8. The highest BCUT2D eigenvalue weighted by molar-refractivity contribution is 7.92. The van der Waals surface area contributed by atoms with E-state index in [4.69, 9.17) is 4.74 Å². The molecule has 2 aromatic rings. The summed E-state index contributed by atoms with van der Waals surface area (Å²) in [5, 5.41) is 13.0. The highest BCUT2D eigenvalue weighted by atomic mass is 32.2. The summed E-state index contributed by atoms with van der Waals surface area (Å²) < 4.78 is 56.1. The molecular weight excluding hydrogens is 486 g/mol. The number of aldehydes is 1. The molecule has 13 heteroatoms. The highest BCUT2D eigenvalue weighted by Gasteiger charge is 2.22. The zero-order valence-electron chi connectivity index (χ0n) is 19.3. The van der Waals surface area contributed by atoms with Crippen molar-refractivity contribution in [2.45, 2.75) is 26.2 Å². The van der Waals surface area contributed by atoms with Crippen LogP contribution in [-0.4, -0.2) is 53.3 Å². The molecule has 0 saturated carbocycles. The lowest BCUT2D eigenvalue weighted by molar-refractivity contribution is -0.118. The Morgan fingerprint density at radius 3 is 1.94 bits per heavy atom. The summed E-state index contributed by atoms with van der Waals surface area (Å²) in [6.07, 6.45) is 2.43. The van der Waals surface area contributed by atoms with Gasteiger partial charge in [0.1, 0.15) is 17.8 Å². The molecule has 0 unspecified atom stereocenters. The van der Waals surface area contributed by atoms with Crippen LogP contribution in [0.15, 0.2) is 30.3 Å². The van der Waals surface area contributed by atoms with Crippen LogP contribution in [0.1, 0.15) is 36.7 Å². The first kappa shape index (κ1) is 26.9. The van der Waals surface area contributed by atoms with Crippen LogP contribution in [0.3, 0.4) is 0 Å². The standard InChI is InChI=1S/C21H27N3O8S2/c1-21(2,3)17-6-13(11-25)7-18(20(17)27)22-19(26)12-32-16-9-14(23-33(4,28)29)8-15(10-16)24-34(5,30)31/h6-11,23-24,27H,12H2,1-5H3,(H,22,26). The Morgan fingerprint density at radius 1 is 0.971 bits per heavy atom. The molecule has 186 valence electrons. The largest absolute Gasteiger partial charge is 0.505 e. The van der Waals surface area contributed by atoms with E-state index < -0.39 is 38.0 Å². The van der Waals surface area contributed by atoms with E-state index in [1.54, 1.807) is 0 Å². The van der Waals surface area contributed by atoms with Gasteiger partial charge in [-0.2, -0.15) is 0 Å². The Labute approximate surface area is 198 Å². The second kappa shape index (κ2) is 9.89. The number of carbonyl (C=O) groups excluding carboxylic acids is 2. The van der Waals surface area contributed by atoms with Crippen LogP contribution in [-0.2, 0) is 30.3 Å². The summed E-state index contributed by atoms with van der Waals surface area (Å²) in [6.45, 7) is 4.96. The van der Waals surface area contributed by atoms with E-state index in [1.807, 2.05) is 20.8 Å². The molecule has 0 bridgehead atoms. The van der Waals surface area contributed by atoms with Gasteiger partial charge in [0, 0.05) is 23.3 Å². The third kappa shape index (κ3) is 8.23. The minimum absolute atomic E-state index is 0.00352. The van der Waals surface area contributed by atoms with Crippen molar-refractivity contribution in [3.63, 3.8) is 0 Å². The monoisotopic (exact) mass is 513 g/mol. The number of ether oxygens (including phenoxy) is 1. The maximum atomic E-state index is 12.5. The van der Waals surface area contributed by atoms with Gasteiger partial charge in [0.15, 0.2) is 6.61 Å². The minimum atomic E-state index is -3.67. The van der Waals surface area contributed by atoms with Crippen LogP contribution in [0, 0.1) is 0 Å². The fourth-order valence-electron chi connectivity index (χ4n) is 2.96. The molecule has 4 N–H and O–H groups in total. The average Bonchev–Trinajstić information content (AvgIpc) is 2.64. The normalized spacial score (nSPS) is 12.0. The van der Waals surface area contributed by atoms with Gasteiger partial charge in [-0.15, -0.1) is 0 Å². The van der Waals surface area contributed by atoms with Crippen LogP contribution in [0.4, 0.5) is 17.1 Å². The number of aromatic hydroxyl groups is 1. The van der Waals surface area contributed by atoms with Gasteiger partial charge in [-0.25, -0.2) is 16.8 Å². The fourth-order valence-corrected chi connectivity index (χ4v) is 4.05. The molecular formula is C21H27N3O8S2. The molecule has 0 aliphatic rings. The van der Waals surface area contributed by atoms with E-state index in [0.29, 0.717) is 11.8 Å². The number of hydrogen-bond donors (Lipinski definition) is 4. The van der Waals surface area contributed by atoms with Crippen LogP contribution < -0.4 is 19.5 Å². The molecule has 0 aromatic heterocycles. The van der Waals surface area contributed by atoms with E-state index in [2.05, 4.69) is 14.8 Å². The highest BCUT2D eigenvalue weighted by Crippen LogP contribution is 2.37. The maximum absolute atomic E-state index is 12.5. The minimum Gasteiger partial charge on any atom is -0.505 e. The predicted molar refractivity (Wildman–Crippen MR) is 130 cm³/mol. The van der Waals surface area contributed by atoms with E-state index >= 15 is 0 Å². The van der Waals surface area contributed by atoms with Crippen molar-refractivity contribution in [3.05, 3.63) is 41.5 Å². The molecule has 2 aromatic carbocycles. The van der Waals surface area contributed by atoms with Crippen LogP contribution in [0.25, 0.3) is 0 Å². The van der Waals surface area contributed by atoms with Gasteiger partial charge < -0.3 is 15.2 Å². The quantitative estimate of drug-likeness (QED) is 0.292. The summed E-state index contributed by atoms with van der Waals surface area (Å²) in [6, 6.07) is 6.63. The summed E-state index contributed by atoms with van der Waals surface area (Å²) in [5.74, 6) is -0.876. The van der Waals surface area contributed by atoms with Crippen molar-refractivity contribution >= 4 is 49.3 Å². The molecule has 0 saturated heterocycles. The SMILES string of the molecule is CC(C)(C)c1cc(C=O)cc(NC(=O)COc2cc(NS(C)(=O)=O)cc(NS(C)(=O)=O)c2)c1O.